The molecule has 20 heavy (non-hydrogen) atoms. The van der Waals surface area contributed by atoms with Crippen molar-refractivity contribution in [3.8, 4) is 0 Å². The smallest absolute Gasteiger partial charge is 0.152 e. The number of sulfone groups is 1. The minimum Gasteiger partial charge on any atom is -0.381 e. The van der Waals surface area contributed by atoms with Gasteiger partial charge in [0.05, 0.1) is 11.5 Å². The highest BCUT2D eigenvalue weighted by atomic mass is 32.2. The lowest BCUT2D eigenvalue weighted by Crippen LogP contribution is -2.34. The second-order valence-corrected chi connectivity index (χ2v) is 8.07. The Balaban J connectivity index is 1.69. The van der Waals surface area contributed by atoms with Gasteiger partial charge in [-0.1, -0.05) is 6.07 Å². The molecule has 0 amide bonds. The first kappa shape index (κ1) is 13.7. The summed E-state index contributed by atoms with van der Waals surface area (Å²) in [6, 6.07) is 8.41. The zero-order valence-electron chi connectivity index (χ0n) is 11.7. The van der Waals surface area contributed by atoms with Crippen molar-refractivity contribution in [2.24, 2.45) is 0 Å². The van der Waals surface area contributed by atoms with Crippen LogP contribution in [0.15, 0.2) is 24.3 Å². The van der Waals surface area contributed by atoms with Gasteiger partial charge in [0.2, 0.25) is 0 Å². The Hall–Kier alpha value is -1.23. The van der Waals surface area contributed by atoms with Crippen LogP contribution < -0.4 is 10.2 Å². The van der Waals surface area contributed by atoms with Crippen LogP contribution in [0.25, 0.3) is 0 Å². The Morgan fingerprint density at radius 1 is 1.15 bits per heavy atom. The standard InChI is InChI=1S/C15H22N2O2S/c18-20(19)10-4-6-14(12-20)16-13-5-3-7-15(11-13)17-8-1-2-9-17/h3,5,7,11,14,16H,1-2,4,6,8-10,12H2. The molecule has 3 rings (SSSR count). The van der Waals surface area contributed by atoms with Crippen molar-refractivity contribution in [3.63, 3.8) is 0 Å². The molecule has 1 N–H and O–H groups in total. The molecule has 0 spiro atoms. The van der Waals surface area contributed by atoms with Gasteiger partial charge in [0.15, 0.2) is 9.84 Å². The molecule has 0 radical (unpaired) electrons. The van der Waals surface area contributed by atoms with E-state index in [-0.39, 0.29) is 11.8 Å². The van der Waals surface area contributed by atoms with Crippen LogP contribution in [-0.2, 0) is 9.84 Å². The molecule has 2 aliphatic rings. The van der Waals surface area contributed by atoms with Gasteiger partial charge in [-0.25, -0.2) is 8.42 Å². The van der Waals surface area contributed by atoms with Crippen molar-refractivity contribution in [1.29, 1.82) is 0 Å². The van der Waals surface area contributed by atoms with Crippen LogP contribution in [0.5, 0.6) is 0 Å². The average molecular weight is 294 g/mol. The first-order valence-electron chi connectivity index (χ1n) is 7.44. The first-order valence-corrected chi connectivity index (χ1v) is 9.26. The third kappa shape index (κ3) is 3.26. The molecule has 110 valence electrons. The molecule has 0 aliphatic carbocycles. The molecule has 5 heteroatoms. The molecule has 0 aromatic heterocycles. The van der Waals surface area contributed by atoms with Crippen LogP contribution >= 0.6 is 0 Å². The van der Waals surface area contributed by atoms with Gasteiger partial charge in [-0.05, 0) is 43.9 Å². The lowest BCUT2D eigenvalue weighted by atomic mass is 10.1. The van der Waals surface area contributed by atoms with Crippen molar-refractivity contribution in [1.82, 2.24) is 0 Å². The van der Waals surface area contributed by atoms with Crippen molar-refractivity contribution in [3.05, 3.63) is 24.3 Å². The maximum absolute atomic E-state index is 11.7. The summed E-state index contributed by atoms with van der Waals surface area (Å²) in [4.78, 5) is 2.39. The Morgan fingerprint density at radius 3 is 2.70 bits per heavy atom. The second-order valence-electron chi connectivity index (χ2n) is 5.84. The molecule has 1 unspecified atom stereocenters. The van der Waals surface area contributed by atoms with Gasteiger partial charge in [0, 0.05) is 30.5 Å². The number of anilines is 2. The zero-order chi connectivity index (χ0) is 14.0. The Labute approximate surface area is 121 Å². The molecular weight excluding hydrogens is 272 g/mol. The summed E-state index contributed by atoms with van der Waals surface area (Å²) in [5, 5.41) is 3.39. The number of nitrogens with zero attached hydrogens (tertiary/aromatic N) is 1. The summed E-state index contributed by atoms with van der Waals surface area (Å²) in [5.41, 5.74) is 2.28. The molecule has 1 aromatic carbocycles. The molecule has 1 atom stereocenters. The summed E-state index contributed by atoms with van der Waals surface area (Å²) in [7, 11) is -2.85. The fourth-order valence-corrected chi connectivity index (χ4v) is 4.78. The number of rotatable bonds is 3. The topological polar surface area (TPSA) is 49.4 Å². The van der Waals surface area contributed by atoms with Crippen molar-refractivity contribution in [2.45, 2.75) is 31.7 Å². The van der Waals surface area contributed by atoms with Crippen LogP contribution in [0.1, 0.15) is 25.7 Å². The van der Waals surface area contributed by atoms with Gasteiger partial charge < -0.3 is 10.2 Å². The Bertz CT molecular complexity index is 565. The number of hydrogen-bond acceptors (Lipinski definition) is 4. The highest BCUT2D eigenvalue weighted by Crippen LogP contribution is 2.25. The number of hydrogen-bond donors (Lipinski definition) is 1. The molecule has 2 fully saturated rings. The highest BCUT2D eigenvalue weighted by Gasteiger charge is 2.24. The highest BCUT2D eigenvalue weighted by molar-refractivity contribution is 7.91. The number of nitrogens with one attached hydrogen (secondary N) is 1. The first-order chi connectivity index (χ1) is 9.62. The van der Waals surface area contributed by atoms with Crippen molar-refractivity contribution >= 4 is 21.2 Å². The molecule has 0 saturated carbocycles. The Kier molecular flexibility index (Phi) is 3.87. The van der Waals surface area contributed by atoms with Crippen LogP contribution in [0, 0.1) is 0 Å². The quantitative estimate of drug-likeness (QED) is 0.929. The summed E-state index contributed by atoms with van der Waals surface area (Å²) in [5.74, 6) is 0.611. The predicted octanol–water partition coefficient (Wildman–Crippen LogP) is 2.28. The van der Waals surface area contributed by atoms with E-state index in [1.54, 1.807) is 0 Å². The molecule has 0 bridgehead atoms. The lowest BCUT2D eigenvalue weighted by molar-refractivity contribution is 0.562. The molecular formula is C15H22N2O2S. The summed E-state index contributed by atoms with van der Waals surface area (Å²) < 4.78 is 23.4. The van der Waals surface area contributed by atoms with Gasteiger partial charge in [0.25, 0.3) is 0 Å². The van der Waals surface area contributed by atoms with Crippen LogP contribution in [0.2, 0.25) is 0 Å². The van der Waals surface area contributed by atoms with E-state index < -0.39 is 9.84 Å². The van der Waals surface area contributed by atoms with Gasteiger partial charge in [-0.2, -0.15) is 0 Å². The summed E-state index contributed by atoms with van der Waals surface area (Å²) >= 11 is 0. The van der Waals surface area contributed by atoms with E-state index in [2.05, 4.69) is 22.3 Å². The zero-order valence-corrected chi connectivity index (χ0v) is 12.5. The fraction of sp³-hybridized carbons (Fsp3) is 0.600. The van der Waals surface area contributed by atoms with E-state index in [9.17, 15) is 8.42 Å². The maximum Gasteiger partial charge on any atom is 0.152 e. The minimum absolute atomic E-state index is 0.0579. The summed E-state index contributed by atoms with van der Waals surface area (Å²) in [6.07, 6.45) is 4.23. The normalized spacial score (nSPS) is 25.6. The lowest BCUT2D eigenvalue weighted by Gasteiger charge is -2.25. The van der Waals surface area contributed by atoms with Gasteiger partial charge in [0.1, 0.15) is 0 Å². The van der Waals surface area contributed by atoms with E-state index in [4.69, 9.17) is 0 Å². The van der Waals surface area contributed by atoms with E-state index in [1.165, 1.54) is 18.5 Å². The monoisotopic (exact) mass is 294 g/mol. The van der Waals surface area contributed by atoms with E-state index >= 15 is 0 Å². The molecule has 1 aromatic rings. The van der Waals surface area contributed by atoms with Crippen molar-refractivity contribution in [2.75, 3.05) is 34.8 Å². The minimum atomic E-state index is -2.85. The van der Waals surface area contributed by atoms with E-state index in [0.717, 1.165) is 31.6 Å². The molecule has 2 heterocycles. The second kappa shape index (κ2) is 5.64. The Morgan fingerprint density at radius 2 is 1.95 bits per heavy atom. The largest absolute Gasteiger partial charge is 0.381 e. The van der Waals surface area contributed by atoms with Crippen LogP contribution in [0.4, 0.5) is 11.4 Å². The fourth-order valence-electron chi connectivity index (χ4n) is 3.14. The molecule has 4 nitrogen and oxygen atoms in total. The van der Waals surface area contributed by atoms with Crippen molar-refractivity contribution < 1.29 is 8.42 Å². The summed E-state index contributed by atoms with van der Waals surface area (Å²) in [6.45, 7) is 2.25. The predicted molar refractivity (Wildman–Crippen MR) is 83.2 cm³/mol. The third-order valence-electron chi connectivity index (χ3n) is 4.15. The van der Waals surface area contributed by atoms with E-state index in [1.807, 2.05) is 12.1 Å². The molecule has 2 saturated heterocycles. The van der Waals surface area contributed by atoms with Crippen LogP contribution in [-0.4, -0.2) is 39.1 Å². The molecule has 2 aliphatic heterocycles. The average Bonchev–Trinajstić information content (AvgIpc) is 2.91. The third-order valence-corrected chi connectivity index (χ3v) is 5.97. The van der Waals surface area contributed by atoms with Gasteiger partial charge in [-0.15, -0.1) is 0 Å². The van der Waals surface area contributed by atoms with Gasteiger partial charge >= 0.3 is 0 Å². The SMILES string of the molecule is O=S1(=O)CCCC(Nc2cccc(N3CCCC3)c2)C1. The van der Waals surface area contributed by atoms with Gasteiger partial charge in [-0.3, -0.25) is 0 Å². The number of benzene rings is 1. The van der Waals surface area contributed by atoms with E-state index in [0.29, 0.717) is 5.75 Å². The maximum atomic E-state index is 11.7. The van der Waals surface area contributed by atoms with Crippen LogP contribution in [0.3, 0.4) is 0 Å².